The average molecular weight is 616 g/mol. The molecule has 18 N–H and O–H groups in total. The van der Waals surface area contributed by atoms with E-state index in [1.165, 1.54) is 0 Å². The molecule has 19 nitrogen and oxygen atoms in total. The van der Waals surface area contributed by atoms with Gasteiger partial charge in [0.1, 0.15) is 67.1 Å². The summed E-state index contributed by atoms with van der Waals surface area (Å²) in [4.78, 5) is 0. The summed E-state index contributed by atoms with van der Waals surface area (Å²) in [6, 6.07) is -4.30. The minimum absolute atomic E-state index is 0.0642. The summed E-state index contributed by atoms with van der Waals surface area (Å²) in [7, 11) is 0. The van der Waals surface area contributed by atoms with Gasteiger partial charge in [-0.05, 0) is 6.42 Å². The van der Waals surface area contributed by atoms with Gasteiger partial charge in [0.25, 0.3) is 0 Å². The predicted octanol–water partition coefficient (Wildman–Crippen LogP) is -8.86. The highest BCUT2D eigenvalue weighted by atomic mass is 16.8. The van der Waals surface area contributed by atoms with Crippen LogP contribution in [-0.2, 0) is 28.4 Å². The van der Waals surface area contributed by atoms with Gasteiger partial charge in [0, 0.05) is 18.6 Å². The highest BCUT2D eigenvalue weighted by Crippen LogP contribution is 2.34. The molecule has 4 aliphatic rings. The van der Waals surface area contributed by atoms with E-state index < -0.39 is 129 Å². The summed E-state index contributed by atoms with van der Waals surface area (Å²) in [5.41, 5.74) is 29.9. The number of nitrogens with two attached hydrogens (primary N) is 5. The Hall–Kier alpha value is -0.760. The molecule has 246 valence electrons. The van der Waals surface area contributed by atoms with Crippen LogP contribution < -0.4 is 28.7 Å². The Balaban J connectivity index is 1.50. The zero-order chi connectivity index (χ0) is 31.0. The molecule has 19 atom stereocenters. The number of aliphatic hydroxyl groups excluding tert-OH is 8. The molecule has 0 unspecified atom stereocenters. The third-order valence-electron chi connectivity index (χ3n) is 8.32. The summed E-state index contributed by atoms with van der Waals surface area (Å²) < 4.78 is 34.4. The summed E-state index contributed by atoms with van der Waals surface area (Å²) in [6.07, 6.45) is -20.5. The predicted molar refractivity (Wildman–Crippen MR) is 136 cm³/mol. The van der Waals surface area contributed by atoms with Gasteiger partial charge >= 0.3 is 0 Å². The highest BCUT2D eigenvalue weighted by molar-refractivity contribution is 5.02. The fourth-order valence-corrected chi connectivity index (χ4v) is 5.70. The molecule has 1 aliphatic carbocycles. The van der Waals surface area contributed by atoms with E-state index in [9.17, 15) is 40.9 Å². The van der Waals surface area contributed by atoms with E-state index in [1.54, 1.807) is 0 Å². The molecular formula is C23H45N5O14. The van der Waals surface area contributed by atoms with Crippen molar-refractivity contribution in [2.24, 2.45) is 28.7 Å². The first-order valence-corrected chi connectivity index (χ1v) is 13.8. The molecule has 0 amide bonds. The molecule has 1 saturated carbocycles. The van der Waals surface area contributed by atoms with Crippen molar-refractivity contribution < 1.29 is 69.3 Å². The SMILES string of the molecule is NC[C@@H]1O[C@H](O[C@H]2[C@@H](O)[C@H](O[C@@H]3[C@@H](O)[C@H](N)C[C@H](N)[C@@H]3O[C@H]3O[C@H](CO)[C@@H](O)[C@H](O)[C@@H]3N)O[C@H]2CO)[C@H](N)[C@@H](O)[C@H]1O. The van der Waals surface area contributed by atoms with Gasteiger partial charge in [-0.1, -0.05) is 0 Å². The molecule has 4 rings (SSSR count). The fraction of sp³-hybridized carbons (Fsp3) is 1.00. The maximum absolute atomic E-state index is 11.1. The van der Waals surface area contributed by atoms with Gasteiger partial charge in [-0.2, -0.15) is 0 Å². The summed E-state index contributed by atoms with van der Waals surface area (Å²) in [5, 5.41) is 82.3. The molecule has 0 spiro atoms. The first-order chi connectivity index (χ1) is 19.8. The van der Waals surface area contributed by atoms with Gasteiger partial charge in [0.15, 0.2) is 18.9 Å². The van der Waals surface area contributed by atoms with E-state index in [4.69, 9.17) is 57.1 Å². The molecule has 0 bridgehead atoms. The van der Waals surface area contributed by atoms with Crippen LogP contribution in [0.15, 0.2) is 0 Å². The van der Waals surface area contributed by atoms with Crippen LogP contribution in [0.5, 0.6) is 0 Å². The van der Waals surface area contributed by atoms with Gasteiger partial charge < -0.3 is 97.9 Å². The van der Waals surface area contributed by atoms with Crippen molar-refractivity contribution in [3.63, 3.8) is 0 Å². The van der Waals surface area contributed by atoms with E-state index in [0.717, 1.165) is 0 Å². The van der Waals surface area contributed by atoms with Crippen LogP contribution in [0.1, 0.15) is 6.42 Å². The molecule has 3 saturated heterocycles. The van der Waals surface area contributed by atoms with E-state index in [2.05, 4.69) is 0 Å². The number of hydrogen-bond donors (Lipinski definition) is 13. The van der Waals surface area contributed by atoms with Crippen LogP contribution in [-0.4, -0.2) is 177 Å². The summed E-state index contributed by atoms with van der Waals surface area (Å²) in [6.45, 7) is -1.49. The van der Waals surface area contributed by atoms with Crippen molar-refractivity contribution >= 4 is 0 Å². The van der Waals surface area contributed by atoms with Crippen LogP contribution in [0.25, 0.3) is 0 Å². The lowest BCUT2D eigenvalue weighted by Crippen LogP contribution is -2.68. The van der Waals surface area contributed by atoms with Crippen molar-refractivity contribution in [2.75, 3.05) is 19.8 Å². The Bertz CT molecular complexity index is 866. The Morgan fingerprint density at radius 2 is 1.00 bits per heavy atom. The topological polar surface area (TPSA) is 347 Å². The molecule has 4 fully saturated rings. The zero-order valence-corrected chi connectivity index (χ0v) is 22.7. The smallest absolute Gasteiger partial charge is 0.187 e. The molecule has 3 heterocycles. The second kappa shape index (κ2) is 14.1. The average Bonchev–Trinajstić information content (AvgIpc) is 3.27. The molecule has 0 aromatic heterocycles. The van der Waals surface area contributed by atoms with E-state index in [1.807, 2.05) is 0 Å². The third-order valence-corrected chi connectivity index (χ3v) is 8.32. The number of aliphatic hydroxyl groups is 8. The van der Waals surface area contributed by atoms with Crippen molar-refractivity contribution in [3.05, 3.63) is 0 Å². The Morgan fingerprint density at radius 3 is 1.55 bits per heavy atom. The molecular weight excluding hydrogens is 570 g/mol. The molecule has 42 heavy (non-hydrogen) atoms. The van der Waals surface area contributed by atoms with Gasteiger partial charge in [0.05, 0.1) is 31.4 Å². The minimum Gasteiger partial charge on any atom is -0.394 e. The van der Waals surface area contributed by atoms with Crippen molar-refractivity contribution in [2.45, 2.75) is 123 Å². The van der Waals surface area contributed by atoms with Crippen LogP contribution in [0.4, 0.5) is 0 Å². The Labute approximate surface area is 240 Å². The number of ether oxygens (including phenoxy) is 6. The van der Waals surface area contributed by atoms with Crippen LogP contribution >= 0.6 is 0 Å². The second-order valence-corrected chi connectivity index (χ2v) is 11.2. The molecule has 3 aliphatic heterocycles. The lowest BCUT2D eigenvalue weighted by Gasteiger charge is -2.47. The molecule has 0 aromatic rings. The van der Waals surface area contributed by atoms with Crippen LogP contribution in [0, 0.1) is 0 Å². The normalized spacial score (nSPS) is 53.8. The first-order valence-electron chi connectivity index (χ1n) is 13.8. The van der Waals surface area contributed by atoms with E-state index in [-0.39, 0.29) is 13.0 Å². The monoisotopic (exact) mass is 615 g/mol. The molecule has 0 aromatic carbocycles. The number of rotatable bonds is 9. The zero-order valence-electron chi connectivity index (χ0n) is 22.7. The molecule has 0 radical (unpaired) electrons. The highest BCUT2D eigenvalue weighted by Gasteiger charge is 2.54. The van der Waals surface area contributed by atoms with Gasteiger partial charge in [-0.25, -0.2) is 0 Å². The largest absolute Gasteiger partial charge is 0.394 e. The van der Waals surface area contributed by atoms with Crippen molar-refractivity contribution in [3.8, 4) is 0 Å². The Morgan fingerprint density at radius 1 is 0.524 bits per heavy atom. The minimum atomic E-state index is -1.62. The van der Waals surface area contributed by atoms with Crippen molar-refractivity contribution in [1.29, 1.82) is 0 Å². The first kappa shape index (κ1) is 34.1. The fourth-order valence-electron chi connectivity index (χ4n) is 5.70. The van der Waals surface area contributed by atoms with Gasteiger partial charge in [0.2, 0.25) is 0 Å². The van der Waals surface area contributed by atoms with Crippen LogP contribution in [0.3, 0.4) is 0 Å². The van der Waals surface area contributed by atoms with Gasteiger partial charge in [-0.15, -0.1) is 0 Å². The maximum atomic E-state index is 11.1. The summed E-state index contributed by atoms with van der Waals surface area (Å²) >= 11 is 0. The standard InChI is InChI=1S/C23H45N5O14/c24-2-7-13(32)15(34)10(27)21(37-7)41-19-9(4-30)39-23(17(19)36)42-20-12(31)5(25)1-6(26)18(20)40-22-11(28)16(35)14(33)8(3-29)38-22/h5-23,29-36H,1-4,24-28H2/t5-,6+,7+,8-,9+,10-,11+,12+,13+,14-,15-,16-,17-,18+,19-,20-,21-,22-,23+/m1/s1. The van der Waals surface area contributed by atoms with Gasteiger partial charge in [-0.3, -0.25) is 0 Å². The maximum Gasteiger partial charge on any atom is 0.187 e. The second-order valence-electron chi connectivity index (χ2n) is 11.2. The summed E-state index contributed by atoms with van der Waals surface area (Å²) in [5.74, 6) is 0. The van der Waals surface area contributed by atoms with Crippen molar-refractivity contribution in [1.82, 2.24) is 0 Å². The lowest BCUT2D eigenvalue weighted by atomic mass is 9.84. The Kier molecular flexibility index (Phi) is 11.5. The quantitative estimate of drug-likeness (QED) is 0.114. The third kappa shape index (κ3) is 6.60. The number of hydrogen-bond acceptors (Lipinski definition) is 19. The van der Waals surface area contributed by atoms with Crippen LogP contribution in [0.2, 0.25) is 0 Å². The van der Waals surface area contributed by atoms with E-state index in [0.29, 0.717) is 0 Å². The molecule has 19 heteroatoms. The lowest BCUT2D eigenvalue weighted by molar-refractivity contribution is -0.310. The van der Waals surface area contributed by atoms with E-state index >= 15 is 0 Å².